The van der Waals surface area contributed by atoms with Crippen molar-refractivity contribution in [1.29, 1.82) is 5.26 Å². The summed E-state index contributed by atoms with van der Waals surface area (Å²) in [6.07, 6.45) is -1.94. The molecule has 2 heterocycles. The van der Waals surface area contributed by atoms with Gasteiger partial charge in [0.1, 0.15) is 11.9 Å². The van der Waals surface area contributed by atoms with Gasteiger partial charge in [0.15, 0.2) is 5.69 Å². The Bertz CT molecular complexity index is 1170. The third-order valence-corrected chi connectivity index (χ3v) is 4.48. The van der Waals surface area contributed by atoms with E-state index in [0.717, 1.165) is 18.4 Å². The number of hydrogen-bond donors (Lipinski definition) is 2. The third-order valence-electron chi connectivity index (χ3n) is 4.48. The van der Waals surface area contributed by atoms with Gasteiger partial charge in [-0.1, -0.05) is 6.07 Å². The van der Waals surface area contributed by atoms with E-state index in [1.54, 1.807) is 25.3 Å². The maximum absolute atomic E-state index is 13.2. The number of rotatable bonds is 6. The van der Waals surface area contributed by atoms with Crippen LogP contribution in [0.1, 0.15) is 48.3 Å². The van der Waals surface area contributed by atoms with E-state index in [-0.39, 0.29) is 23.7 Å². The molecule has 168 valence electrons. The molecule has 2 N–H and O–H groups in total. The number of halogens is 3. The number of alkyl halides is 3. The van der Waals surface area contributed by atoms with Crippen LogP contribution in [-0.4, -0.2) is 31.8 Å². The van der Waals surface area contributed by atoms with E-state index in [4.69, 9.17) is 9.68 Å². The Kier molecular flexibility index (Phi) is 6.09. The molecule has 0 aliphatic heterocycles. The molecular weight excluding hydrogens is 427 g/mol. The van der Waals surface area contributed by atoms with Crippen LogP contribution in [0.3, 0.4) is 0 Å². The predicted molar refractivity (Wildman–Crippen MR) is 106 cm³/mol. The average Bonchev–Trinajstić information content (AvgIpc) is 3.36. The van der Waals surface area contributed by atoms with E-state index in [1.165, 1.54) is 24.6 Å². The van der Waals surface area contributed by atoms with Crippen molar-refractivity contribution < 1.29 is 27.5 Å². The van der Waals surface area contributed by atoms with E-state index in [1.807, 2.05) is 0 Å². The number of oxazole rings is 1. The smallest absolute Gasteiger partial charge is 0.417 e. The lowest BCUT2D eigenvalue weighted by atomic mass is 10.0. The Morgan fingerprint density at radius 2 is 2.06 bits per heavy atom. The lowest BCUT2D eigenvalue weighted by Gasteiger charge is -2.13. The first kappa shape index (κ1) is 23.0. The van der Waals surface area contributed by atoms with Crippen LogP contribution in [0.15, 0.2) is 41.1 Å². The number of aromatic nitrogens is 3. The lowest BCUT2D eigenvalue weighted by molar-refractivity contribution is -0.137. The molecule has 0 bridgehead atoms. The molecule has 0 fully saturated rings. The standard InChI is InChI=1S/C21H20F3N5O3/c1-12(26-18(30)17-11-32-19(27-17)20(2,3)31)10-29-7-6-16(28-29)13-4-5-14(9-25)15(8-13)21(22,23)24/h4-8,11-12,31H,10H2,1-3H3,(H,26,30). The number of nitriles is 1. The predicted octanol–water partition coefficient (Wildman–Crippen LogP) is 3.47. The number of carbonyl (C=O) groups is 1. The Balaban J connectivity index is 1.69. The van der Waals surface area contributed by atoms with Gasteiger partial charge in [-0.25, -0.2) is 4.98 Å². The summed E-state index contributed by atoms with van der Waals surface area (Å²) < 4.78 is 46.2. The molecule has 1 unspecified atom stereocenters. The van der Waals surface area contributed by atoms with E-state index < -0.39 is 34.9 Å². The van der Waals surface area contributed by atoms with Crippen LogP contribution in [0.4, 0.5) is 13.2 Å². The number of aliphatic hydroxyl groups is 1. The molecule has 0 saturated carbocycles. The summed E-state index contributed by atoms with van der Waals surface area (Å²) in [5.74, 6) is -0.501. The van der Waals surface area contributed by atoms with Crippen molar-refractivity contribution in [2.45, 2.75) is 45.1 Å². The van der Waals surface area contributed by atoms with Crippen LogP contribution in [0.5, 0.6) is 0 Å². The van der Waals surface area contributed by atoms with Crippen LogP contribution in [0, 0.1) is 11.3 Å². The molecule has 0 aliphatic rings. The minimum absolute atomic E-state index is 0.00684. The second-order valence-corrected chi connectivity index (χ2v) is 7.76. The highest BCUT2D eigenvalue weighted by atomic mass is 19.4. The van der Waals surface area contributed by atoms with Crippen LogP contribution in [0.25, 0.3) is 11.3 Å². The monoisotopic (exact) mass is 447 g/mol. The molecule has 0 radical (unpaired) electrons. The average molecular weight is 447 g/mol. The lowest BCUT2D eigenvalue weighted by Crippen LogP contribution is -2.36. The van der Waals surface area contributed by atoms with Gasteiger partial charge in [0.2, 0.25) is 5.89 Å². The molecule has 0 aliphatic carbocycles. The molecule has 0 saturated heterocycles. The summed E-state index contributed by atoms with van der Waals surface area (Å²) in [5, 5.41) is 25.8. The summed E-state index contributed by atoms with van der Waals surface area (Å²) in [4.78, 5) is 16.3. The van der Waals surface area contributed by atoms with Crippen molar-refractivity contribution >= 4 is 5.91 Å². The summed E-state index contributed by atoms with van der Waals surface area (Å²) in [5.41, 5.74) is -2.29. The van der Waals surface area contributed by atoms with E-state index >= 15 is 0 Å². The van der Waals surface area contributed by atoms with Gasteiger partial charge < -0.3 is 14.8 Å². The minimum Gasteiger partial charge on any atom is -0.445 e. The van der Waals surface area contributed by atoms with Gasteiger partial charge in [-0.2, -0.15) is 23.5 Å². The zero-order chi connectivity index (χ0) is 23.7. The maximum Gasteiger partial charge on any atom is 0.417 e. The van der Waals surface area contributed by atoms with Gasteiger partial charge in [0, 0.05) is 17.8 Å². The Labute approximate surface area is 181 Å². The second kappa shape index (κ2) is 8.47. The summed E-state index contributed by atoms with van der Waals surface area (Å²) in [6.45, 7) is 4.91. The van der Waals surface area contributed by atoms with E-state index in [9.17, 15) is 23.1 Å². The molecule has 2 aromatic heterocycles. The minimum atomic E-state index is -4.66. The van der Waals surface area contributed by atoms with Crippen LogP contribution < -0.4 is 5.32 Å². The first-order valence-corrected chi connectivity index (χ1v) is 9.53. The number of carbonyl (C=O) groups excluding carboxylic acids is 1. The Morgan fingerprint density at radius 1 is 1.34 bits per heavy atom. The van der Waals surface area contributed by atoms with Gasteiger partial charge in [0.25, 0.3) is 5.91 Å². The van der Waals surface area contributed by atoms with Crippen LogP contribution >= 0.6 is 0 Å². The fraction of sp³-hybridized carbons (Fsp3) is 0.333. The highest BCUT2D eigenvalue weighted by molar-refractivity contribution is 5.92. The molecule has 1 aromatic carbocycles. The van der Waals surface area contributed by atoms with Crippen molar-refractivity contribution in [3.63, 3.8) is 0 Å². The zero-order valence-electron chi connectivity index (χ0n) is 17.4. The van der Waals surface area contributed by atoms with Gasteiger partial charge in [-0.05, 0) is 39.0 Å². The van der Waals surface area contributed by atoms with Crippen molar-refractivity contribution in [3.05, 3.63) is 59.4 Å². The van der Waals surface area contributed by atoms with E-state index in [2.05, 4.69) is 15.4 Å². The molecule has 8 nitrogen and oxygen atoms in total. The van der Waals surface area contributed by atoms with Crippen LogP contribution in [0.2, 0.25) is 0 Å². The number of hydrogen-bond acceptors (Lipinski definition) is 6. The molecular formula is C21H20F3N5O3. The number of nitrogens with zero attached hydrogens (tertiary/aromatic N) is 4. The van der Waals surface area contributed by atoms with E-state index in [0.29, 0.717) is 5.69 Å². The number of amides is 1. The molecule has 1 atom stereocenters. The number of benzene rings is 1. The van der Waals surface area contributed by atoms with Crippen molar-refractivity contribution in [2.24, 2.45) is 0 Å². The van der Waals surface area contributed by atoms with Crippen LogP contribution in [-0.2, 0) is 18.3 Å². The Morgan fingerprint density at radius 3 is 2.66 bits per heavy atom. The zero-order valence-corrected chi connectivity index (χ0v) is 17.4. The SMILES string of the molecule is CC(Cn1ccc(-c2ccc(C#N)c(C(F)(F)F)c2)n1)NC(=O)c1coc(C(C)(C)O)n1. The fourth-order valence-electron chi connectivity index (χ4n) is 2.94. The second-order valence-electron chi connectivity index (χ2n) is 7.76. The van der Waals surface area contributed by atoms with Crippen molar-refractivity contribution in [2.75, 3.05) is 0 Å². The molecule has 3 rings (SSSR count). The molecule has 11 heteroatoms. The van der Waals surface area contributed by atoms with Gasteiger partial charge in [0.05, 0.1) is 29.4 Å². The van der Waals surface area contributed by atoms with Gasteiger partial charge in [-0.3, -0.25) is 9.48 Å². The normalized spacial score (nSPS) is 12.9. The molecule has 0 spiro atoms. The largest absolute Gasteiger partial charge is 0.445 e. The summed E-state index contributed by atoms with van der Waals surface area (Å²) in [7, 11) is 0. The maximum atomic E-state index is 13.2. The molecule has 1 amide bonds. The molecule has 3 aromatic rings. The Hall–Kier alpha value is -3.65. The van der Waals surface area contributed by atoms with Crippen molar-refractivity contribution in [1.82, 2.24) is 20.1 Å². The van der Waals surface area contributed by atoms with Gasteiger partial charge in [-0.15, -0.1) is 0 Å². The topological polar surface area (TPSA) is 117 Å². The first-order chi connectivity index (χ1) is 14.9. The van der Waals surface area contributed by atoms with Gasteiger partial charge >= 0.3 is 6.18 Å². The highest BCUT2D eigenvalue weighted by Crippen LogP contribution is 2.34. The quantitative estimate of drug-likeness (QED) is 0.598. The number of nitrogens with one attached hydrogen (secondary N) is 1. The summed E-state index contributed by atoms with van der Waals surface area (Å²) >= 11 is 0. The summed E-state index contributed by atoms with van der Waals surface area (Å²) in [6, 6.07) is 6.09. The first-order valence-electron chi connectivity index (χ1n) is 9.53. The highest BCUT2D eigenvalue weighted by Gasteiger charge is 2.34. The van der Waals surface area contributed by atoms with Crippen molar-refractivity contribution in [3.8, 4) is 17.3 Å². The third kappa shape index (κ3) is 5.15. The fourth-order valence-corrected chi connectivity index (χ4v) is 2.94. The molecule has 32 heavy (non-hydrogen) atoms.